The summed E-state index contributed by atoms with van der Waals surface area (Å²) in [5, 5.41) is 23.8. The minimum absolute atomic E-state index is 0. The Hall–Kier alpha value is -4.06. The molecule has 12 nitrogen and oxygen atoms in total. The second kappa shape index (κ2) is 11.6. The number of amides is 2. The number of nitrogens with one attached hydrogen (secondary N) is 1. The molecule has 2 aromatic heterocycles. The number of carbonyl (C=O) groups excluding carboxylic acids is 2. The van der Waals surface area contributed by atoms with Crippen molar-refractivity contribution in [1.82, 2.24) is 30.1 Å². The summed E-state index contributed by atoms with van der Waals surface area (Å²) in [4.78, 5) is 31.5. The average Bonchev–Trinajstić information content (AvgIpc) is 3.37. The highest BCUT2D eigenvalue weighted by Gasteiger charge is 2.25. The number of tetrazole rings is 1. The number of benzene rings is 1. The molecule has 1 aliphatic rings. The quantitative estimate of drug-likeness (QED) is 0.503. The summed E-state index contributed by atoms with van der Waals surface area (Å²) in [7, 11) is 1.51. The smallest absolute Gasteiger partial charge is 0.410 e. The van der Waals surface area contributed by atoms with Gasteiger partial charge in [-0.3, -0.25) is 4.79 Å². The van der Waals surface area contributed by atoms with Crippen molar-refractivity contribution < 1.29 is 24.2 Å². The largest absolute Gasteiger partial charge is 0.496 e. The summed E-state index contributed by atoms with van der Waals surface area (Å²) < 4.78 is 12.1. The van der Waals surface area contributed by atoms with Crippen LogP contribution in [0.1, 0.15) is 48.8 Å². The van der Waals surface area contributed by atoms with Crippen LogP contribution in [0.5, 0.6) is 5.75 Å². The standard InChI is InChI=1S/C23H27N7O5.CH4/c1-4-35-23(33)29-9-8-15-11-19(34-3)17(10-16(15)12-29)22(32)25-20-7-5-6-18(24-20)21-26-27-28-30(21)14(2)13-31;/h5-7,10-11,14,31H,4,8-9,12-13H2,1-3H3,(H,24,25,32);1H4/t14-;/m1./s1. The highest BCUT2D eigenvalue weighted by atomic mass is 16.6. The van der Waals surface area contributed by atoms with Gasteiger partial charge in [0.15, 0.2) is 0 Å². The van der Waals surface area contributed by atoms with E-state index in [0.29, 0.717) is 54.8 Å². The number of carbonyl (C=O) groups is 2. The first-order valence-electron chi connectivity index (χ1n) is 11.2. The van der Waals surface area contributed by atoms with Gasteiger partial charge in [0.2, 0.25) is 5.82 Å². The van der Waals surface area contributed by atoms with Crippen molar-refractivity contribution in [2.24, 2.45) is 0 Å². The Morgan fingerprint density at radius 1 is 1.25 bits per heavy atom. The Balaban J connectivity index is 0.00000361. The number of ether oxygens (including phenoxy) is 2. The minimum Gasteiger partial charge on any atom is -0.496 e. The third kappa shape index (κ3) is 5.43. The highest BCUT2D eigenvalue weighted by molar-refractivity contribution is 6.06. The third-order valence-corrected chi connectivity index (χ3v) is 5.70. The van der Waals surface area contributed by atoms with E-state index in [4.69, 9.17) is 9.47 Å². The van der Waals surface area contributed by atoms with E-state index in [-0.39, 0.29) is 26.2 Å². The molecule has 36 heavy (non-hydrogen) atoms. The monoisotopic (exact) mass is 497 g/mol. The minimum atomic E-state index is -0.411. The van der Waals surface area contributed by atoms with Crippen molar-refractivity contribution in [1.29, 1.82) is 0 Å². The number of nitrogens with zero attached hydrogens (tertiary/aromatic N) is 6. The van der Waals surface area contributed by atoms with Crippen molar-refractivity contribution in [2.45, 2.75) is 40.3 Å². The number of fused-ring (bicyclic) bond motifs is 1. The summed E-state index contributed by atoms with van der Waals surface area (Å²) in [5.41, 5.74) is 2.64. The van der Waals surface area contributed by atoms with E-state index < -0.39 is 5.91 Å². The summed E-state index contributed by atoms with van der Waals surface area (Å²) in [6.07, 6.45) is 0.260. The summed E-state index contributed by atoms with van der Waals surface area (Å²) in [6, 6.07) is 8.32. The molecular formula is C24H31N7O5. The Kier molecular flexibility index (Phi) is 8.54. The molecule has 2 amide bonds. The first-order valence-corrected chi connectivity index (χ1v) is 11.2. The molecule has 0 saturated carbocycles. The first kappa shape index (κ1) is 26.5. The average molecular weight is 498 g/mol. The molecular weight excluding hydrogens is 466 g/mol. The van der Waals surface area contributed by atoms with E-state index in [1.807, 2.05) is 6.07 Å². The third-order valence-electron chi connectivity index (χ3n) is 5.70. The number of aliphatic hydroxyl groups is 1. The maximum atomic E-state index is 13.2. The fourth-order valence-corrected chi connectivity index (χ4v) is 3.85. The first-order chi connectivity index (χ1) is 16.9. The zero-order valence-corrected chi connectivity index (χ0v) is 19.8. The molecule has 0 fully saturated rings. The normalized spacial score (nSPS) is 13.3. The van der Waals surface area contributed by atoms with E-state index in [2.05, 4.69) is 25.8 Å². The molecule has 3 heterocycles. The number of hydrogen-bond acceptors (Lipinski definition) is 9. The van der Waals surface area contributed by atoms with Gasteiger partial charge in [0.05, 0.1) is 31.9 Å². The van der Waals surface area contributed by atoms with Crippen LogP contribution in [0.15, 0.2) is 30.3 Å². The van der Waals surface area contributed by atoms with Crippen LogP contribution < -0.4 is 10.1 Å². The summed E-state index contributed by atoms with van der Waals surface area (Å²) >= 11 is 0. The van der Waals surface area contributed by atoms with Crippen LogP contribution in [0.2, 0.25) is 0 Å². The van der Waals surface area contributed by atoms with Crippen LogP contribution in [0, 0.1) is 0 Å². The van der Waals surface area contributed by atoms with Gasteiger partial charge in [-0.05, 0) is 66.1 Å². The van der Waals surface area contributed by atoms with E-state index >= 15 is 0 Å². The molecule has 1 aliphatic heterocycles. The topological polar surface area (TPSA) is 145 Å². The van der Waals surface area contributed by atoms with E-state index in [1.54, 1.807) is 43.0 Å². The van der Waals surface area contributed by atoms with E-state index in [1.165, 1.54) is 11.8 Å². The van der Waals surface area contributed by atoms with Gasteiger partial charge >= 0.3 is 6.09 Å². The Bertz CT molecular complexity index is 1230. The molecule has 1 aromatic carbocycles. The SMILES string of the molecule is C.CCOC(=O)N1CCc2cc(OC)c(C(=O)Nc3cccc(-c4nnnn4[C@H](C)CO)n3)cc2C1. The lowest BCUT2D eigenvalue weighted by molar-refractivity contribution is 0.102. The van der Waals surface area contributed by atoms with Crippen molar-refractivity contribution in [3.05, 3.63) is 47.0 Å². The van der Waals surface area contributed by atoms with Crippen LogP contribution in [-0.4, -0.2) is 74.1 Å². The Labute approximate surface area is 209 Å². The molecule has 192 valence electrons. The van der Waals surface area contributed by atoms with Gasteiger partial charge < -0.3 is 24.8 Å². The zero-order chi connectivity index (χ0) is 24.9. The van der Waals surface area contributed by atoms with Gasteiger partial charge in [-0.2, -0.15) is 0 Å². The molecule has 2 N–H and O–H groups in total. The van der Waals surface area contributed by atoms with Crippen LogP contribution in [0.3, 0.4) is 0 Å². The maximum absolute atomic E-state index is 13.2. The molecule has 4 rings (SSSR count). The number of hydrogen-bond donors (Lipinski definition) is 2. The number of rotatable bonds is 7. The van der Waals surface area contributed by atoms with Crippen LogP contribution >= 0.6 is 0 Å². The number of aromatic nitrogens is 5. The highest BCUT2D eigenvalue weighted by Crippen LogP contribution is 2.29. The lowest BCUT2D eigenvalue weighted by atomic mass is 9.96. The second-order valence-corrected chi connectivity index (χ2v) is 8.03. The van der Waals surface area contributed by atoms with E-state index in [0.717, 1.165) is 11.1 Å². The number of pyridine rings is 1. The number of methoxy groups -OCH3 is 1. The van der Waals surface area contributed by atoms with Crippen molar-refractivity contribution >= 4 is 17.8 Å². The molecule has 0 spiro atoms. The second-order valence-electron chi connectivity index (χ2n) is 8.03. The summed E-state index contributed by atoms with van der Waals surface area (Å²) in [6.45, 7) is 4.58. The lowest BCUT2D eigenvalue weighted by Gasteiger charge is -2.28. The van der Waals surface area contributed by atoms with Crippen LogP contribution in [-0.2, 0) is 17.7 Å². The fraction of sp³-hybridized carbons (Fsp3) is 0.417. The molecule has 0 bridgehead atoms. The molecule has 3 aromatic rings. The van der Waals surface area contributed by atoms with Gasteiger partial charge in [-0.15, -0.1) is 5.10 Å². The van der Waals surface area contributed by atoms with E-state index in [9.17, 15) is 14.7 Å². The molecule has 0 radical (unpaired) electrons. The summed E-state index contributed by atoms with van der Waals surface area (Å²) in [5.74, 6) is 0.688. The van der Waals surface area contributed by atoms with Gasteiger partial charge in [0.25, 0.3) is 5.91 Å². The maximum Gasteiger partial charge on any atom is 0.410 e. The molecule has 0 unspecified atom stereocenters. The van der Waals surface area contributed by atoms with Gasteiger partial charge in [-0.25, -0.2) is 14.5 Å². The van der Waals surface area contributed by atoms with Crippen molar-refractivity contribution in [3.8, 4) is 17.3 Å². The lowest BCUT2D eigenvalue weighted by Crippen LogP contribution is -2.36. The van der Waals surface area contributed by atoms with Gasteiger partial charge in [-0.1, -0.05) is 13.5 Å². The molecule has 0 saturated heterocycles. The molecule has 12 heteroatoms. The predicted octanol–water partition coefficient (Wildman–Crippen LogP) is 2.70. The predicted molar refractivity (Wildman–Crippen MR) is 132 cm³/mol. The number of aliphatic hydroxyl groups excluding tert-OH is 1. The fourth-order valence-electron chi connectivity index (χ4n) is 3.85. The van der Waals surface area contributed by atoms with Crippen LogP contribution in [0.25, 0.3) is 11.5 Å². The van der Waals surface area contributed by atoms with Gasteiger partial charge in [0.1, 0.15) is 17.3 Å². The molecule has 0 aliphatic carbocycles. The van der Waals surface area contributed by atoms with Gasteiger partial charge in [0, 0.05) is 13.1 Å². The number of anilines is 1. The van der Waals surface area contributed by atoms with Crippen molar-refractivity contribution in [2.75, 3.05) is 32.2 Å². The van der Waals surface area contributed by atoms with Crippen LogP contribution in [0.4, 0.5) is 10.6 Å². The Morgan fingerprint density at radius 2 is 2.06 bits per heavy atom. The zero-order valence-electron chi connectivity index (χ0n) is 19.8. The molecule has 1 atom stereocenters. The van der Waals surface area contributed by atoms with Crippen molar-refractivity contribution in [3.63, 3.8) is 0 Å². The Morgan fingerprint density at radius 3 is 2.78 bits per heavy atom.